The molecule has 0 unspecified atom stereocenters. The Bertz CT molecular complexity index is 657. The van der Waals surface area contributed by atoms with Crippen LogP contribution in [-0.2, 0) is 23.5 Å². The number of pyridine rings is 1. The fraction of sp³-hybridized carbons (Fsp3) is 0.783. The van der Waals surface area contributed by atoms with E-state index in [9.17, 15) is 0 Å². The van der Waals surface area contributed by atoms with Crippen molar-refractivity contribution < 1.29 is 28.3 Å². The standard InChI is InChI=1S/C23H38BNO6/c1-22(2)23(3,4)31-24(30-22)17-11-12-20(25-16-17)29-19-14-18(15-19)28-13-9-7-8-10-21(26-5)27-6/h11-12,16,18-19,21H,7-10,13-15H2,1-6H3. The molecule has 31 heavy (non-hydrogen) atoms. The van der Waals surface area contributed by atoms with Crippen LogP contribution < -0.4 is 10.2 Å². The van der Waals surface area contributed by atoms with Crippen LogP contribution in [-0.4, -0.2) is 62.6 Å². The van der Waals surface area contributed by atoms with Crippen molar-refractivity contribution in [2.75, 3.05) is 20.8 Å². The molecule has 8 heteroatoms. The Morgan fingerprint density at radius 1 is 1.00 bits per heavy atom. The van der Waals surface area contributed by atoms with Crippen LogP contribution in [0.15, 0.2) is 18.3 Å². The van der Waals surface area contributed by atoms with Crippen molar-refractivity contribution in [3.63, 3.8) is 0 Å². The summed E-state index contributed by atoms with van der Waals surface area (Å²) in [6.07, 6.45) is 8.16. The number of methoxy groups -OCH3 is 2. The molecule has 2 fully saturated rings. The fourth-order valence-corrected chi connectivity index (χ4v) is 3.67. The molecule has 0 radical (unpaired) electrons. The molecule has 0 bridgehead atoms. The van der Waals surface area contributed by atoms with Crippen molar-refractivity contribution in [3.05, 3.63) is 18.3 Å². The number of hydrogen-bond donors (Lipinski definition) is 0. The summed E-state index contributed by atoms with van der Waals surface area (Å²) >= 11 is 0. The van der Waals surface area contributed by atoms with Gasteiger partial charge in [0.1, 0.15) is 6.10 Å². The molecule has 7 nitrogen and oxygen atoms in total. The SMILES string of the molecule is COC(CCCCCOC1CC(Oc2ccc(B3OC(C)(C)C(C)(C)O3)cn2)C1)OC. The van der Waals surface area contributed by atoms with Gasteiger partial charge in [0.2, 0.25) is 5.88 Å². The molecule has 1 aromatic rings. The van der Waals surface area contributed by atoms with E-state index in [2.05, 4.69) is 4.98 Å². The molecule has 1 aliphatic carbocycles. The van der Waals surface area contributed by atoms with Crippen molar-refractivity contribution in [2.24, 2.45) is 0 Å². The first kappa shape index (κ1) is 24.5. The fourth-order valence-electron chi connectivity index (χ4n) is 3.67. The summed E-state index contributed by atoms with van der Waals surface area (Å²) in [6, 6.07) is 3.86. The molecule has 0 N–H and O–H groups in total. The van der Waals surface area contributed by atoms with Gasteiger partial charge in [-0.25, -0.2) is 4.98 Å². The van der Waals surface area contributed by atoms with E-state index in [0.29, 0.717) is 12.0 Å². The highest BCUT2D eigenvalue weighted by Crippen LogP contribution is 2.36. The third kappa shape index (κ3) is 6.42. The Morgan fingerprint density at radius 3 is 2.26 bits per heavy atom. The topological polar surface area (TPSA) is 68.3 Å². The predicted octanol–water partition coefficient (Wildman–Crippen LogP) is 3.49. The Kier molecular flexibility index (Phi) is 8.38. The summed E-state index contributed by atoms with van der Waals surface area (Å²) < 4.78 is 34.4. The highest BCUT2D eigenvalue weighted by atomic mass is 16.7. The number of rotatable bonds is 12. The van der Waals surface area contributed by atoms with E-state index < -0.39 is 7.12 Å². The van der Waals surface area contributed by atoms with E-state index in [0.717, 1.165) is 50.6 Å². The third-order valence-electron chi connectivity index (χ3n) is 6.59. The largest absolute Gasteiger partial charge is 0.496 e. The molecule has 3 rings (SSSR count). The first-order valence-corrected chi connectivity index (χ1v) is 11.4. The van der Waals surface area contributed by atoms with Crippen LogP contribution in [0.2, 0.25) is 0 Å². The van der Waals surface area contributed by atoms with Gasteiger partial charge in [0.25, 0.3) is 0 Å². The van der Waals surface area contributed by atoms with Gasteiger partial charge >= 0.3 is 7.12 Å². The normalized spacial score (nSPS) is 24.4. The Labute approximate surface area is 187 Å². The molecule has 174 valence electrons. The third-order valence-corrected chi connectivity index (χ3v) is 6.59. The molecule has 1 aliphatic heterocycles. The second-order valence-corrected chi connectivity index (χ2v) is 9.47. The van der Waals surface area contributed by atoms with E-state index >= 15 is 0 Å². The van der Waals surface area contributed by atoms with E-state index in [1.807, 2.05) is 39.8 Å². The highest BCUT2D eigenvalue weighted by molar-refractivity contribution is 6.62. The minimum absolute atomic E-state index is 0.0926. The zero-order chi connectivity index (χ0) is 22.5. The maximum atomic E-state index is 6.07. The highest BCUT2D eigenvalue weighted by Gasteiger charge is 2.51. The van der Waals surface area contributed by atoms with E-state index in [1.165, 1.54) is 0 Å². The Hall–Kier alpha value is -1.19. The number of unbranched alkanes of at least 4 members (excludes halogenated alkanes) is 2. The average molecular weight is 435 g/mol. The van der Waals surface area contributed by atoms with Crippen LogP contribution in [0.4, 0.5) is 0 Å². The molecule has 0 aromatic carbocycles. The first-order chi connectivity index (χ1) is 14.7. The van der Waals surface area contributed by atoms with Gasteiger partial charge in [0.15, 0.2) is 6.29 Å². The lowest BCUT2D eigenvalue weighted by molar-refractivity contribution is -0.107. The maximum Gasteiger partial charge on any atom is 0.496 e. The van der Waals surface area contributed by atoms with Crippen molar-refractivity contribution in [1.82, 2.24) is 4.98 Å². The smallest absolute Gasteiger partial charge is 0.474 e. The van der Waals surface area contributed by atoms with Gasteiger partial charge in [0, 0.05) is 45.3 Å². The van der Waals surface area contributed by atoms with Gasteiger partial charge < -0.3 is 28.3 Å². The van der Waals surface area contributed by atoms with Crippen molar-refractivity contribution in [1.29, 1.82) is 0 Å². The zero-order valence-electron chi connectivity index (χ0n) is 19.9. The van der Waals surface area contributed by atoms with Crippen LogP contribution in [0.5, 0.6) is 5.88 Å². The van der Waals surface area contributed by atoms with Gasteiger partial charge in [0.05, 0.1) is 17.3 Å². The lowest BCUT2D eigenvalue weighted by Gasteiger charge is -2.34. The van der Waals surface area contributed by atoms with E-state index in [-0.39, 0.29) is 23.6 Å². The monoisotopic (exact) mass is 435 g/mol. The van der Waals surface area contributed by atoms with Gasteiger partial charge in [-0.15, -0.1) is 0 Å². The molecule has 2 aliphatic rings. The van der Waals surface area contributed by atoms with Crippen molar-refractivity contribution >= 4 is 12.6 Å². The summed E-state index contributed by atoms with van der Waals surface area (Å²) in [5.41, 5.74) is 0.191. The van der Waals surface area contributed by atoms with Gasteiger partial charge in [-0.05, 0) is 53.0 Å². The second kappa shape index (κ2) is 10.6. The zero-order valence-corrected chi connectivity index (χ0v) is 19.9. The molecule has 1 aromatic heterocycles. The number of aromatic nitrogens is 1. The van der Waals surface area contributed by atoms with E-state index in [1.54, 1.807) is 20.4 Å². The van der Waals surface area contributed by atoms with Gasteiger partial charge in [-0.3, -0.25) is 0 Å². The Morgan fingerprint density at radius 2 is 1.68 bits per heavy atom. The van der Waals surface area contributed by atoms with Crippen LogP contribution in [0.1, 0.15) is 66.2 Å². The van der Waals surface area contributed by atoms with Crippen LogP contribution >= 0.6 is 0 Å². The average Bonchev–Trinajstić information content (AvgIpc) is 2.92. The molecule has 2 heterocycles. The van der Waals surface area contributed by atoms with Crippen LogP contribution in [0, 0.1) is 0 Å². The maximum absolute atomic E-state index is 6.07. The molecule has 1 saturated carbocycles. The quantitative estimate of drug-likeness (QED) is 0.283. The molecule has 0 spiro atoms. The second-order valence-electron chi connectivity index (χ2n) is 9.47. The lowest BCUT2D eigenvalue weighted by Crippen LogP contribution is -2.41. The van der Waals surface area contributed by atoms with Crippen LogP contribution in [0.25, 0.3) is 0 Å². The van der Waals surface area contributed by atoms with Crippen LogP contribution in [0.3, 0.4) is 0 Å². The molecule has 0 atom stereocenters. The number of ether oxygens (including phenoxy) is 4. The predicted molar refractivity (Wildman–Crippen MR) is 120 cm³/mol. The summed E-state index contributed by atoms with van der Waals surface area (Å²) in [5, 5.41) is 0. The first-order valence-electron chi connectivity index (χ1n) is 11.4. The molecular formula is C23H38BNO6. The van der Waals surface area contributed by atoms with Gasteiger partial charge in [-0.1, -0.05) is 12.5 Å². The molecule has 1 saturated heterocycles. The summed E-state index contributed by atoms with van der Waals surface area (Å²) in [7, 11) is 2.95. The van der Waals surface area contributed by atoms with Crippen molar-refractivity contribution in [2.45, 2.75) is 95.9 Å². The Balaban J connectivity index is 1.30. The molecular weight excluding hydrogens is 397 g/mol. The minimum Gasteiger partial charge on any atom is -0.474 e. The van der Waals surface area contributed by atoms with Crippen molar-refractivity contribution in [3.8, 4) is 5.88 Å². The number of hydrogen-bond acceptors (Lipinski definition) is 7. The minimum atomic E-state index is -0.400. The number of nitrogens with zero attached hydrogens (tertiary/aromatic N) is 1. The van der Waals surface area contributed by atoms with Gasteiger partial charge in [-0.2, -0.15) is 0 Å². The summed E-state index contributed by atoms with van der Waals surface area (Å²) in [4.78, 5) is 4.45. The van der Waals surface area contributed by atoms with E-state index in [4.69, 9.17) is 28.3 Å². The summed E-state index contributed by atoms with van der Waals surface area (Å²) in [5.74, 6) is 0.634. The molecule has 0 amide bonds. The lowest BCUT2D eigenvalue weighted by atomic mass is 9.80. The summed E-state index contributed by atoms with van der Waals surface area (Å²) in [6.45, 7) is 8.98.